The lowest BCUT2D eigenvalue weighted by Gasteiger charge is -2.03. The zero-order valence-corrected chi connectivity index (χ0v) is 10.8. The normalized spacial score (nSPS) is 10.3. The lowest BCUT2D eigenvalue weighted by molar-refractivity contribution is 0.103. The van der Waals surface area contributed by atoms with Crippen LogP contribution in [0.4, 0.5) is 4.39 Å². The molecule has 0 aliphatic carbocycles. The van der Waals surface area contributed by atoms with E-state index >= 15 is 0 Å². The first-order valence-corrected chi connectivity index (χ1v) is 6.72. The third-order valence-corrected chi connectivity index (χ3v) is 3.41. The maximum Gasteiger partial charge on any atom is 0.193 e. The second-order valence-corrected chi connectivity index (χ2v) is 5.13. The van der Waals surface area contributed by atoms with Crippen molar-refractivity contribution >= 4 is 17.5 Å². The molecule has 0 amide bonds. The lowest BCUT2D eigenvalue weighted by Crippen LogP contribution is -2.01. The molecule has 2 aromatic rings. The van der Waals surface area contributed by atoms with Gasteiger partial charge in [0.05, 0.1) is 0 Å². The summed E-state index contributed by atoms with van der Waals surface area (Å²) in [4.78, 5) is 13.2. The smallest absolute Gasteiger partial charge is 0.193 e. The van der Waals surface area contributed by atoms with Gasteiger partial charge in [0, 0.05) is 16.0 Å². The summed E-state index contributed by atoms with van der Waals surface area (Å²) in [5, 5.41) is 0. The molecule has 0 fully saturated rings. The minimum atomic E-state index is -0.390. The molecule has 18 heavy (non-hydrogen) atoms. The van der Waals surface area contributed by atoms with Gasteiger partial charge in [0.1, 0.15) is 5.82 Å². The summed E-state index contributed by atoms with van der Waals surface area (Å²) < 4.78 is 13.1. The van der Waals surface area contributed by atoms with Crippen LogP contribution in [-0.2, 0) is 0 Å². The van der Waals surface area contributed by atoms with Gasteiger partial charge in [0.25, 0.3) is 0 Å². The molecule has 0 N–H and O–H groups in total. The van der Waals surface area contributed by atoms with Gasteiger partial charge < -0.3 is 0 Å². The van der Waals surface area contributed by atoms with Gasteiger partial charge >= 0.3 is 0 Å². The first kappa shape index (κ1) is 12.8. The molecule has 0 radical (unpaired) electrons. The van der Waals surface area contributed by atoms with E-state index in [4.69, 9.17) is 0 Å². The first-order valence-electron chi connectivity index (χ1n) is 5.74. The molecule has 0 aliphatic heterocycles. The summed E-state index contributed by atoms with van der Waals surface area (Å²) in [5.74, 6) is 0.457. The van der Waals surface area contributed by atoms with E-state index in [9.17, 15) is 9.18 Å². The highest BCUT2D eigenvalue weighted by Gasteiger charge is 2.09. The highest BCUT2D eigenvalue weighted by Crippen LogP contribution is 2.19. The van der Waals surface area contributed by atoms with Gasteiger partial charge in [-0.2, -0.15) is 0 Å². The fourth-order valence-electron chi connectivity index (χ4n) is 1.67. The van der Waals surface area contributed by atoms with Crippen LogP contribution in [0.25, 0.3) is 0 Å². The summed E-state index contributed by atoms with van der Waals surface area (Å²) in [7, 11) is 0. The highest BCUT2D eigenvalue weighted by molar-refractivity contribution is 7.99. The van der Waals surface area contributed by atoms with Crippen LogP contribution in [0.3, 0.4) is 0 Å². The molecule has 0 aromatic heterocycles. The largest absolute Gasteiger partial charge is 0.289 e. The molecular formula is C15H13FOS. The molecule has 0 saturated carbocycles. The van der Waals surface area contributed by atoms with E-state index in [2.05, 4.69) is 6.92 Å². The second-order valence-electron chi connectivity index (χ2n) is 3.80. The Morgan fingerprint density at radius 1 is 1.11 bits per heavy atom. The lowest BCUT2D eigenvalue weighted by atomic mass is 10.0. The third-order valence-electron chi connectivity index (χ3n) is 2.51. The Bertz CT molecular complexity index is 549. The number of hydrogen-bond acceptors (Lipinski definition) is 2. The Morgan fingerprint density at radius 2 is 1.83 bits per heavy atom. The Kier molecular flexibility index (Phi) is 4.15. The minimum Gasteiger partial charge on any atom is -0.289 e. The van der Waals surface area contributed by atoms with Crippen LogP contribution >= 0.6 is 11.8 Å². The quantitative estimate of drug-likeness (QED) is 0.606. The summed E-state index contributed by atoms with van der Waals surface area (Å²) in [6, 6.07) is 13.2. The van der Waals surface area contributed by atoms with Crippen molar-refractivity contribution in [1.29, 1.82) is 0 Å². The average Bonchev–Trinajstić information content (AvgIpc) is 2.39. The zero-order valence-electron chi connectivity index (χ0n) is 10.0. The topological polar surface area (TPSA) is 17.1 Å². The number of halogens is 1. The molecule has 0 bridgehead atoms. The van der Waals surface area contributed by atoms with Gasteiger partial charge in [0.2, 0.25) is 0 Å². The number of ketones is 1. The van der Waals surface area contributed by atoms with Gasteiger partial charge in [-0.05, 0) is 42.2 Å². The SMILES string of the molecule is CCSc1ccc(C(=O)c2cccc(F)c2)cc1. The van der Waals surface area contributed by atoms with E-state index in [0.717, 1.165) is 10.6 Å². The molecule has 0 atom stereocenters. The maximum absolute atomic E-state index is 13.1. The molecule has 2 aromatic carbocycles. The fraction of sp³-hybridized carbons (Fsp3) is 0.133. The van der Waals surface area contributed by atoms with E-state index in [0.29, 0.717) is 11.1 Å². The zero-order chi connectivity index (χ0) is 13.0. The fourth-order valence-corrected chi connectivity index (χ4v) is 2.33. The Labute approximate surface area is 110 Å². The van der Waals surface area contributed by atoms with Crippen molar-refractivity contribution < 1.29 is 9.18 Å². The predicted octanol–water partition coefficient (Wildman–Crippen LogP) is 4.17. The Balaban J connectivity index is 2.23. The van der Waals surface area contributed by atoms with Crippen LogP contribution in [0.15, 0.2) is 53.4 Å². The number of carbonyl (C=O) groups excluding carboxylic acids is 1. The first-order chi connectivity index (χ1) is 8.70. The van der Waals surface area contributed by atoms with Crippen molar-refractivity contribution in [1.82, 2.24) is 0 Å². The molecule has 0 saturated heterocycles. The number of carbonyl (C=O) groups is 1. The second kappa shape index (κ2) is 5.83. The molecular weight excluding hydrogens is 247 g/mol. The maximum atomic E-state index is 13.1. The molecule has 3 heteroatoms. The van der Waals surface area contributed by atoms with Crippen LogP contribution in [0.2, 0.25) is 0 Å². The van der Waals surface area contributed by atoms with E-state index < -0.39 is 0 Å². The minimum absolute atomic E-state index is 0.150. The number of benzene rings is 2. The van der Waals surface area contributed by atoms with Crippen LogP contribution in [-0.4, -0.2) is 11.5 Å². The van der Waals surface area contributed by atoms with Gasteiger partial charge in [-0.3, -0.25) is 4.79 Å². The van der Waals surface area contributed by atoms with Gasteiger partial charge in [0.15, 0.2) is 5.78 Å². The van der Waals surface area contributed by atoms with Crippen molar-refractivity contribution in [2.24, 2.45) is 0 Å². The number of thioether (sulfide) groups is 1. The predicted molar refractivity (Wildman–Crippen MR) is 72.7 cm³/mol. The number of rotatable bonds is 4. The molecule has 92 valence electrons. The van der Waals surface area contributed by atoms with E-state index in [1.54, 1.807) is 36.0 Å². The molecule has 0 heterocycles. The Morgan fingerprint density at radius 3 is 2.44 bits per heavy atom. The molecule has 0 aliphatic rings. The summed E-state index contributed by atoms with van der Waals surface area (Å²) in [6.45, 7) is 2.08. The van der Waals surface area contributed by atoms with Gasteiger partial charge in [-0.15, -0.1) is 11.8 Å². The van der Waals surface area contributed by atoms with E-state index in [1.807, 2.05) is 12.1 Å². The molecule has 2 rings (SSSR count). The van der Waals surface area contributed by atoms with Crippen molar-refractivity contribution in [2.45, 2.75) is 11.8 Å². The Hall–Kier alpha value is -1.61. The van der Waals surface area contributed by atoms with Crippen LogP contribution < -0.4 is 0 Å². The molecule has 0 unspecified atom stereocenters. The van der Waals surface area contributed by atoms with Crippen molar-refractivity contribution in [3.8, 4) is 0 Å². The third kappa shape index (κ3) is 2.99. The van der Waals surface area contributed by atoms with Gasteiger partial charge in [-0.1, -0.05) is 19.1 Å². The van der Waals surface area contributed by atoms with Crippen molar-refractivity contribution in [3.63, 3.8) is 0 Å². The van der Waals surface area contributed by atoms with E-state index in [-0.39, 0.29) is 11.6 Å². The number of hydrogen-bond donors (Lipinski definition) is 0. The summed E-state index contributed by atoms with van der Waals surface area (Å²) in [6.07, 6.45) is 0. The molecule has 1 nitrogen and oxygen atoms in total. The average molecular weight is 260 g/mol. The van der Waals surface area contributed by atoms with Gasteiger partial charge in [-0.25, -0.2) is 4.39 Å². The highest BCUT2D eigenvalue weighted by atomic mass is 32.2. The van der Waals surface area contributed by atoms with E-state index in [1.165, 1.54) is 12.1 Å². The van der Waals surface area contributed by atoms with Crippen LogP contribution in [0, 0.1) is 5.82 Å². The van der Waals surface area contributed by atoms with Crippen LogP contribution in [0.5, 0.6) is 0 Å². The standard InChI is InChI=1S/C15H13FOS/c1-2-18-14-8-6-11(7-9-14)15(17)12-4-3-5-13(16)10-12/h3-10H,2H2,1H3. The van der Waals surface area contributed by atoms with Crippen molar-refractivity contribution in [3.05, 3.63) is 65.5 Å². The van der Waals surface area contributed by atoms with Crippen molar-refractivity contribution in [2.75, 3.05) is 5.75 Å². The monoisotopic (exact) mass is 260 g/mol. The molecule has 0 spiro atoms. The summed E-state index contributed by atoms with van der Waals surface area (Å²) in [5.41, 5.74) is 0.965. The summed E-state index contributed by atoms with van der Waals surface area (Å²) >= 11 is 1.72. The van der Waals surface area contributed by atoms with Crippen LogP contribution in [0.1, 0.15) is 22.8 Å².